The Morgan fingerprint density at radius 1 is 1.04 bits per heavy atom. The number of alkyl halides is 3. The first-order valence-corrected chi connectivity index (χ1v) is 19.4. The van der Waals surface area contributed by atoms with Gasteiger partial charge in [-0.3, -0.25) is 4.79 Å². The zero-order chi connectivity index (χ0) is 41.7. The van der Waals surface area contributed by atoms with E-state index in [1.54, 1.807) is 38.1 Å². The van der Waals surface area contributed by atoms with Gasteiger partial charge in [0.05, 0.1) is 37.0 Å². The van der Waals surface area contributed by atoms with Crippen LogP contribution >= 0.6 is 11.6 Å². The number of anilines is 2. The number of nitrogens with zero attached hydrogens (tertiary/aromatic N) is 3. The van der Waals surface area contributed by atoms with Crippen molar-refractivity contribution in [1.82, 2.24) is 15.3 Å². The van der Waals surface area contributed by atoms with Crippen molar-refractivity contribution in [1.29, 1.82) is 0 Å². The van der Waals surface area contributed by atoms with Crippen LogP contribution in [0.5, 0.6) is 11.5 Å². The number of benzene rings is 3. The molecule has 1 fully saturated rings. The van der Waals surface area contributed by atoms with Crippen LogP contribution in [-0.4, -0.2) is 62.8 Å². The summed E-state index contributed by atoms with van der Waals surface area (Å²) in [6.45, 7) is 2.93. The Morgan fingerprint density at radius 2 is 1.79 bits per heavy atom. The van der Waals surface area contributed by atoms with Crippen LogP contribution < -0.4 is 30.1 Å². The molecule has 0 bridgehead atoms. The molecule has 2 amide bonds. The fourth-order valence-electron chi connectivity index (χ4n) is 6.67. The minimum Gasteiger partial charge on any atom is -0.497 e. The van der Waals surface area contributed by atoms with Gasteiger partial charge in [-0.15, -0.1) is 0 Å². The highest BCUT2D eigenvalue weighted by molar-refractivity contribution is 7.92. The van der Waals surface area contributed by atoms with Gasteiger partial charge in [0, 0.05) is 36.0 Å². The minimum absolute atomic E-state index is 0.0194. The predicted molar refractivity (Wildman–Crippen MR) is 203 cm³/mol. The number of nitrogens with one attached hydrogen (secondary N) is 2. The SMILES string of the molecule is COc1ccc(CN(c2ccncn2)S(=O)(=O)c2cc(Cl)c(N[C@H]3CC[C@H](c4cccc(C(F)(F)F)c4)C[C@@H]3NC(=O)C(OC(N)=O)C(C)C)cc2F)c(OC)c1. The predicted octanol–water partition coefficient (Wildman–Crippen LogP) is 7.05. The van der Waals surface area contributed by atoms with Crippen molar-refractivity contribution in [3.05, 3.63) is 101 Å². The molecule has 0 aliphatic heterocycles. The van der Waals surface area contributed by atoms with Crippen LogP contribution in [-0.2, 0) is 32.3 Å². The number of ether oxygens (including phenoxy) is 3. The van der Waals surface area contributed by atoms with E-state index in [1.165, 1.54) is 32.5 Å². The third-order valence-electron chi connectivity index (χ3n) is 9.53. The highest BCUT2D eigenvalue weighted by Gasteiger charge is 2.38. The van der Waals surface area contributed by atoms with Crippen LogP contribution in [0.1, 0.15) is 55.7 Å². The lowest BCUT2D eigenvalue weighted by Crippen LogP contribution is -2.54. The highest BCUT2D eigenvalue weighted by atomic mass is 35.5. The quantitative estimate of drug-likeness (QED) is 0.112. The van der Waals surface area contributed by atoms with E-state index in [4.69, 9.17) is 31.5 Å². The van der Waals surface area contributed by atoms with Crippen LogP contribution in [0.2, 0.25) is 5.02 Å². The summed E-state index contributed by atoms with van der Waals surface area (Å²) in [7, 11) is -1.86. The number of halogens is 5. The largest absolute Gasteiger partial charge is 0.497 e. The Labute approximate surface area is 331 Å². The van der Waals surface area contributed by atoms with Gasteiger partial charge in [0.1, 0.15) is 34.4 Å². The highest BCUT2D eigenvalue weighted by Crippen LogP contribution is 2.39. The van der Waals surface area contributed by atoms with Crippen molar-refractivity contribution < 1.29 is 49.8 Å². The number of amides is 2. The van der Waals surface area contributed by atoms with Crippen LogP contribution in [0.15, 0.2) is 78.1 Å². The maximum atomic E-state index is 16.2. The lowest BCUT2D eigenvalue weighted by molar-refractivity contribution is -0.137. The van der Waals surface area contributed by atoms with Gasteiger partial charge in [0.15, 0.2) is 6.10 Å². The van der Waals surface area contributed by atoms with E-state index in [0.717, 1.165) is 34.9 Å². The molecular weight excluding hydrogens is 796 g/mol. The Hall–Kier alpha value is -5.36. The number of aromatic nitrogens is 2. The molecule has 4 aromatic rings. The number of rotatable bonds is 14. The summed E-state index contributed by atoms with van der Waals surface area (Å²) in [4.78, 5) is 32.3. The first-order valence-electron chi connectivity index (χ1n) is 17.6. The molecule has 1 heterocycles. The topological polar surface area (TPSA) is 175 Å². The second kappa shape index (κ2) is 17.8. The molecule has 1 aliphatic rings. The molecule has 1 aromatic heterocycles. The first-order chi connectivity index (χ1) is 26.9. The zero-order valence-corrected chi connectivity index (χ0v) is 32.8. The molecule has 0 saturated heterocycles. The van der Waals surface area contributed by atoms with Gasteiger partial charge in [0.25, 0.3) is 15.9 Å². The van der Waals surface area contributed by atoms with Crippen molar-refractivity contribution in [2.75, 3.05) is 23.8 Å². The molecule has 19 heteroatoms. The van der Waals surface area contributed by atoms with Crippen molar-refractivity contribution in [2.45, 2.75) is 74.8 Å². The van der Waals surface area contributed by atoms with Gasteiger partial charge in [-0.1, -0.05) is 43.6 Å². The number of methoxy groups -OCH3 is 2. The normalized spacial score (nSPS) is 17.7. The summed E-state index contributed by atoms with van der Waals surface area (Å²) in [5, 5.41) is 5.76. The smallest absolute Gasteiger partial charge is 0.416 e. The van der Waals surface area contributed by atoms with Crippen molar-refractivity contribution in [3.63, 3.8) is 0 Å². The van der Waals surface area contributed by atoms with Crippen molar-refractivity contribution in [3.8, 4) is 11.5 Å². The average molecular weight is 837 g/mol. The van der Waals surface area contributed by atoms with Crippen molar-refractivity contribution in [2.24, 2.45) is 11.7 Å². The Morgan fingerprint density at radius 3 is 2.42 bits per heavy atom. The molecule has 4 N–H and O–H groups in total. The molecular formula is C38H41ClF4N6O7S. The summed E-state index contributed by atoms with van der Waals surface area (Å²) in [5.41, 5.74) is 5.17. The number of sulfonamides is 1. The standard InChI is InChI=1S/C38H41ClF4N6O7S/c1-21(2)35(56-37(44)51)36(50)48-31-15-23(22-6-5-7-25(14-22)38(41,42)43)9-11-29(31)47-30-18-28(40)33(17-27(30)39)57(52,53)49(34-12-13-45-20-46-34)19-24-8-10-26(54-3)16-32(24)55-4/h5-8,10,12-14,16-18,20-21,23,29,31,35,47H,9,11,15,19H2,1-4H3,(H2,44,51)(H,48,50)/t23-,29-,31-,35?/m0/s1. The number of nitrogens with two attached hydrogens (primary N) is 1. The minimum atomic E-state index is -4.72. The molecule has 1 saturated carbocycles. The van der Waals surface area contributed by atoms with Crippen LogP contribution in [0, 0.1) is 11.7 Å². The maximum absolute atomic E-state index is 16.2. The molecule has 1 unspecified atom stereocenters. The van der Waals surface area contributed by atoms with Gasteiger partial charge in [-0.05, 0) is 67.0 Å². The fraction of sp³-hybridized carbons (Fsp3) is 0.368. The van der Waals surface area contributed by atoms with Crippen LogP contribution in [0.4, 0.5) is 33.9 Å². The summed E-state index contributed by atoms with van der Waals surface area (Å²) >= 11 is 6.67. The number of carbonyl (C=O) groups is 2. The lowest BCUT2D eigenvalue weighted by atomic mass is 9.78. The third kappa shape index (κ3) is 10.2. The van der Waals surface area contributed by atoms with E-state index >= 15 is 4.39 Å². The first kappa shape index (κ1) is 42.8. The molecule has 57 heavy (non-hydrogen) atoms. The molecule has 13 nitrogen and oxygen atoms in total. The Balaban J connectivity index is 1.47. The monoisotopic (exact) mass is 836 g/mol. The van der Waals surface area contributed by atoms with Gasteiger partial charge >= 0.3 is 12.3 Å². The molecule has 0 spiro atoms. The summed E-state index contributed by atoms with van der Waals surface area (Å²) in [6.07, 6.45) is -3.85. The van der Waals surface area contributed by atoms with Crippen LogP contribution in [0.3, 0.4) is 0 Å². The van der Waals surface area contributed by atoms with E-state index in [1.807, 2.05) is 0 Å². The van der Waals surface area contributed by atoms with E-state index < -0.39 is 74.5 Å². The number of carbonyl (C=O) groups excluding carboxylic acids is 2. The molecule has 3 aromatic carbocycles. The van der Waals surface area contributed by atoms with Crippen molar-refractivity contribution >= 4 is 45.1 Å². The molecule has 4 atom stereocenters. The van der Waals surface area contributed by atoms with E-state index in [9.17, 15) is 31.2 Å². The second-order valence-electron chi connectivity index (χ2n) is 13.6. The lowest BCUT2D eigenvalue weighted by Gasteiger charge is -2.39. The molecule has 5 rings (SSSR count). The fourth-order valence-corrected chi connectivity index (χ4v) is 8.43. The molecule has 306 valence electrons. The summed E-state index contributed by atoms with van der Waals surface area (Å²) in [5.74, 6) is -2.14. The number of primary amides is 1. The Bertz CT molecular complexity index is 2180. The van der Waals surface area contributed by atoms with Gasteiger partial charge in [-0.2, -0.15) is 13.2 Å². The third-order valence-corrected chi connectivity index (χ3v) is 11.6. The van der Waals surface area contributed by atoms with Gasteiger partial charge in [0.2, 0.25) is 0 Å². The van der Waals surface area contributed by atoms with E-state index in [-0.39, 0.29) is 35.9 Å². The number of hydrogen-bond donors (Lipinski definition) is 3. The van der Waals surface area contributed by atoms with Gasteiger partial charge in [-0.25, -0.2) is 31.9 Å². The maximum Gasteiger partial charge on any atom is 0.416 e. The van der Waals surface area contributed by atoms with E-state index in [2.05, 4.69) is 20.6 Å². The number of hydrogen-bond acceptors (Lipinski definition) is 10. The van der Waals surface area contributed by atoms with Gasteiger partial charge < -0.3 is 30.6 Å². The summed E-state index contributed by atoms with van der Waals surface area (Å²) < 4.78 is 102. The average Bonchev–Trinajstić information content (AvgIpc) is 3.17. The van der Waals surface area contributed by atoms with E-state index in [0.29, 0.717) is 29.0 Å². The summed E-state index contributed by atoms with van der Waals surface area (Å²) in [6, 6.07) is 11.4. The molecule has 1 aliphatic carbocycles. The molecule has 0 radical (unpaired) electrons. The Kier molecular flexibility index (Phi) is 13.4. The van der Waals surface area contributed by atoms with Crippen LogP contribution in [0.25, 0.3) is 0 Å². The zero-order valence-electron chi connectivity index (χ0n) is 31.2. The second-order valence-corrected chi connectivity index (χ2v) is 15.9.